The molecule has 3 N–H and O–H groups in total. The average molecular weight is 299 g/mol. The molecule has 0 aromatic carbocycles. The van der Waals surface area contributed by atoms with Crippen LogP contribution in [0.4, 0.5) is 4.79 Å². The minimum atomic E-state index is -1.06. The third kappa shape index (κ3) is 3.91. The first kappa shape index (κ1) is 14.7. The highest BCUT2D eigenvalue weighted by Crippen LogP contribution is 2.19. The lowest BCUT2D eigenvalue weighted by molar-refractivity contribution is 0.0691. The van der Waals surface area contributed by atoms with E-state index in [4.69, 9.17) is 9.84 Å². The highest BCUT2D eigenvalue weighted by Gasteiger charge is 2.24. The summed E-state index contributed by atoms with van der Waals surface area (Å²) in [5, 5.41) is 16.2. The first-order chi connectivity index (χ1) is 9.56. The van der Waals surface area contributed by atoms with Crippen LogP contribution in [0, 0.1) is 5.92 Å². The summed E-state index contributed by atoms with van der Waals surface area (Å²) in [6, 6.07) is -0.281. The van der Waals surface area contributed by atoms with Gasteiger partial charge in [-0.15, -0.1) is 11.3 Å². The number of carbonyl (C=O) groups excluding carboxylic acids is 1. The number of aromatic nitrogens is 1. The van der Waals surface area contributed by atoms with Crippen molar-refractivity contribution in [3.05, 3.63) is 16.1 Å². The molecule has 1 aliphatic rings. The minimum Gasteiger partial charge on any atom is -0.476 e. The quantitative estimate of drug-likeness (QED) is 0.755. The van der Waals surface area contributed by atoms with Crippen LogP contribution >= 0.6 is 11.3 Å². The SMILES string of the molecule is CC1OCCC1CNC(=O)NCc1nc(C(=O)O)cs1. The number of thiazole rings is 1. The van der Waals surface area contributed by atoms with Crippen molar-refractivity contribution in [1.82, 2.24) is 15.6 Å². The fourth-order valence-electron chi connectivity index (χ4n) is 1.98. The molecule has 2 unspecified atom stereocenters. The average Bonchev–Trinajstić information content (AvgIpc) is 3.03. The summed E-state index contributed by atoms with van der Waals surface area (Å²) in [5.74, 6) is -0.716. The second-order valence-corrected chi connectivity index (χ2v) is 5.56. The number of carboxylic acid groups (broad SMARTS) is 1. The Kier molecular flexibility index (Phi) is 4.91. The van der Waals surface area contributed by atoms with Gasteiger partial charge in [-0.1, -0.05) is 0 Å². The topological polar surface area (TPSA) is 101 Å². The zero-order valence-corrected chi connectivity index (χ0v) is 11.9. The Morgan fingerprint density at radius 1 is 1.55 bits per heavy atom. The van der Waals surface area contributed by atoms with Gasteiger partial charge in [-0.2, -0.15) is 0 Å². The molecule has 110 valence electrons. The maximum Gasteiger partial charge on any atom is 0.355 e. The number of hydrogen-bond acceptors (Lipinski definition) is 5. The largest absolute Gasteiger partial charge is 0.476 e. The molecule has 20 heavy (non-hydrogen) atoms. The molecule has 0 bridgehead atoms. The fourth-order valence-corrected chi connectivity index (χ4v) is 2.68. The molecule has 0 radical (unpaired) electrons. The van der Waals surface area contributed by atoms with Gasteiger partial charge in [0.15, 0.2) is 5.69 Å². The summed E-state index contributed by atoms with van der Waals surface area (Å²) in [6.45, 7) is 3.54. The van der Waals surface area contributed by atoms with Crippen LogP contribution in [0.15, 0.2) is 5.38 Å². The van der Waals surface area contributed by atoms with Crippen molar-refractivity contribution < 1.29 is 19.4 Å². The molecule has 1 aliphatic heterocycles. The first-order valence-corrected chi connectivity index (χ1v) is 7.25. The van der Waals surface area contributed by atoms with Gasteiger partial charge >= 0.3 is 12.0 Å². The number of urea groups is 1. The van der Waals surface area contributed by atoms with E-state index in [1.807, 2.05) is 6.92 Å². The zero-order chi connectivity index (χ0) is 14.5. The Bertz CT molecular complexity index is 491. The molecular formula is C12H17N3O4S. The van der Waals surface area contributed by atoms with Crippen molar-refractivity contribution in [3.63, 3.8) is 0 Å². The van der Waals surface area contributed by atoms with Gasteiger partial charge in [0, 0.05) is 24.4 Å². The van der Waals surface area contributed by atoms with Crippen LogP contribution in [-0.2, 0) is 11.3 Å². The maximum atomic E-state index is 11.6. The molecule has 0 spiro atoms. The van der Waals surface area contributed by atoms with Crippen molar-refractivity contribution in [1.29, 1.82) is 0 Å². The Morgan fingerprint density at radius 2 is 2.35 bits per heavy atom. The lowest BCUT2D eigenvalue weighted by atomic mass is 10.0. The lowest BCUT2D eigenvalue weighted by Crippen LogP contribution is -2.39. The van der Waals surface area contributed by atoms with Crippen LogP contribution in [0.25, 0.3) is 0 Å². The number of carboxylic acids is 1. The third-order valence-electron chi connectivity index (χ3n) is 3.23. The van der Waals surface area contributed by atoms with Crippen molar-refractivity contribution in [2.75, 3.05) is 13.2 Å². The van der Waals surface area contributed by atoms with Crippen LogP contribution in [-0.4, -0.2) is 41.3 Å². The van der Waals surface area contributed by atoms with E-state index in [1.165, 1.54) is 16.7 Å². The molecule has 7 nitrogen and oxygen atoms in total. The van der Waals surface area contributed by atoms with Crippen molar-refractivity contribution in [3.8, 4) is 0 Å². The van der Waals surface area contributed by atoms with E-state index >= 15 is 0 Å². The number of nitrogens with zero attached hydrogens (tertiary/aromatic N) is 1. The summed E-state index contributed by atoms with van der Waals surface area (Å²) < 4.78 is 5.42. The lowest BCUT2D eigenvalue weighted by Gasteiger charge is -2.14. The monoisotopic (exact) mass is 299 g/mol. The fraction of sp³-hybridized carbons (Fsp3) is 0.583. The highest BCUT2D eigenvalue weighted by atomic mass is 32.1. The smallest absolute Gasteiger partial charge is 0.355 e. The van der Waals surface area contributed by atoms with Crippen LogP contribution in [0.1, 0.15) is 28.8 Å². The van der Waals surface area contributed by atoms with Crippen molar-refractivity contribution in [2.24, 2.45) is 5.92 Å². The van der Waals surface area contributed by atoms with Gasteiger partial charge in [-0.25, -0.2) is 14.6 Å². The number of carbonyl (C=O) groups is 2. The van der Waals surface area contributed by atoms with E-state index in [2.05, 4.69) is 15.6 Å². The van der Waals surface area contributed by atoms with E-state index in [-0.39, 0.29) is 24.4 Å². The van der Waals surface area contributed by atoms with E-state index in [0.717, 1.165) is 13.0 Å². The number of amides is 2. The van der Waals surface area contributed by atoms with Gasteiger partial charge in [-0.3, -0.25) is 0 Å². The zero-order valence-electron chi connectivity index (χ0n) is 11.1. The van der Waals surface area contributed by atoms with E-state index in [1.54, 1.807) is 0 Å². The molecule has 2 atom stereocenters. The molecule has 1 fully saturated rings. The molecule has 1 aromatic rings. The highest BCUT2D eigenvalue weighted by molar-refractivity contribution is 7.09. The molecule has 8 heteroatoms. The Morgan fingerprint density at radius 3 is 2.95 bits per heavy atom. The molecule has 1 aromatic heterocycles. The van der Waals surface area contributed by atoms with E-state index < -0.39 is 5.97 Å². The molecule has 0 saturated carbocycles. The van der Waals surface area contributed by atoms with Gasteiger partial charge in [0.1, 0.15) is 5.01 Å². The van der Waals surface area contributed by atoms with E-state index in [9.17, 15) is 9.59 Å². The second kappa shape index (κ2) is 6.67. The van der Waals surface area contributed by atoms with Gasteiger partial charge in [0.2, 0.25) is 0 Å². The normalized spacial score (nSPS) is 21.6. The van der Waals surface area contributed by atoms with Crippen LogP contribution in [0.2, 0.25) is 0 Å². The third-order valence-corrected chi connectivity index (χ3v) is 4.08. The number of nitrogens with one attached hydrogen (secondary N) is 2. The number of aromatic carboxylic acids is 1. The molecule has 2 heterocycles. The molecular weight excluding hydrogens is 282 g/mol. The number of hydrogen-bond donors (Lipinski definition) is 3. The standard InChI is InChI=1S/C12H17N3O4S/c1-7-8(2-3-19-7)4-13-12(18)14-5-10-15-9(6-20-10)11(16)17/h6-8H,2-5H2,1H3,(H,16,17)(H2,13,14,18). The van der Waals surface area contributed by atoms with Crippen LogP contribution < -0.4 is 10.6 Å². The Hall–Kier alpha value is -1.67. The van der Waals surface area contributed by atoms with Gasteiger partial charge in [0.25, 0.3) is 0 Å². The van der Waals surface area contributed by atoms with Crippen molar-refractivity contribution >= 4 is 23.3 Å². The van der Waals surface area contributed by atoms with Crippen LogP contribution in [0.3, 0.4) is 0 Å². The summed E-state index contributed by atoms with van der Waals surface area (Å²) in [4.78, 5) is 26.2. The number of ether oxygens (including phenoxy) is 1. The second-order valence-electron chi connectivity index (χ2n) is 4.62. The molecule has 1 saturated heterocycles. The summed E-state index contributed by atoms with van der Waals surface area (Å²) in [5.41, 5.74) is 0.00383. The predicted molar refractivity (Wildman–Crippen MR) is 72.8 cm³/mol. The summed E-state index contributed by atoms with van der Waals surface area (Å²) >= 11 is 1.21. The first-order valence-electron chi connectivity index (χ1n) is 6.37. The predicted octanol–water partition coefficient (Wildman–Crippen LogP) is 1.07. The van der Waals surface area contributed by atoms with Gasteiger partial charge in [-0.05, 0) is 13.3 Å². The Labute approximate surface area is 120 Å². The number of rotatable bonds is 5. The van der Waals surface area contributed by atoms with E-state index in [0.29, 0.717) is 17.5 Å². The van der Waals surface area contributed by atoms with Gasteiger partial charge < -0.3 is 20.5 Å². The molecule has 2 amide bonds. The summed E-state index contributed by atoms with van der Waals surface area (Å²) in [6.07, 6.45) is 1.13. The van der Waals surface area contributed by atoms with Crippen molar-refractivity contribution in [2.45, 2.75) is 26.0 Å². The minimum absolute atomic E-state index is 0.00383. The maximum absolute atomic E-state index is 11.6. The molecule has 2 rings (SSSR count). The Balaban J connectivity index is 1.70. The summed E-state index contributed by atoms with van der Waals surface area (Å²) in [7, 11) is 0. The van der Waals surface area contributed by atoms with Gasteiger partial charge in [0.05, 0.1) is 12.6 Å². The molecule has 0 aliphatic carbocycles. The van der Waals surface area contributed by atoms with Crippen LogP contribution in [0.5, 0.6) is 0 Å².